The van der Waals surface area contributed by atoms with Gasteiger partial charge in [-0.25, -0.2) is 20.3 Å². The van der Waals surface area contributed by atoms with Gasteiger partial charge in [0.25, 0.3) is 0 Å². The lowest BCUT2D eigenvalue weighted by molar-refractivity contribution is 0.628. The van der Waals surface area contributed by atoms with E-state index < -0.39 is 16.7 Å². The summed E-state index contributed by atoms with van der Waals surface area (Å²) in [6.07, 6.45) is 8.20. The smallest absolute Gasteiger partial charge is 0.163 e. The van der Waals surface area contributed by atoms with Crippen molar-refractivity contribution >= 4 is 56.1 Å². The highest BCUT2D eigenvalue weighted by molar-refractivity contribution is 9.10. The van der Waals surface area contributed by atoms with E-state index in [1.807, 2.05) is 12.3 Å². The fourth-order valence-corrected chi connectivity index (χ4v) is 4.47. The van der Waals surface area contributed by atoms with Gasteiger partial charge in [0.05, 0.1) is 16.3 Å². The van der Waals surface area contributed by atoms with Crippen molar-refractivity contribution in [1.29, 1.82) is 5.41 Å². The van der Waals surface area contributed by atoms with Gasteiger partial charge in [0.2, 0.25) is 0 Å². The lowest BCUT2D eigenvalue weighted by Crippen LogP contribution is -2.05. The first kappa shape index (κ1) is 22.1. The molecule has 0 spiro atoms. The molecule has 0 saturated heterocycles. The Labute approximate surface area is 190 Å². The van der Waals surface area contributed by atoms with Crippen LogP contribution in [-0.4, -0.2) is 28.3 Å². The molecule has 5 nitrogen and oxygen atoms in total. The van der Waals surface area contributed by atoms with Crippen LogP contribution in [0.15, 0.2) is 52.2 Å². The van der Waals surface area contributed by atoms with E-state index in [4.69, 9.17) is 22.7 Å². The molecule has 30 heavy (non-hydrogen) atoms. The van der Waals surface area contributed by atoms with E-state index in [1.54, 1.807) is 24.4 Å². The van der Waals surface area contributed by atoms with Crippen LogP contribution in [0.4, 0.5) is 15.9 Å². The minimum Gasteiger partial charge on any atom is -0.383 e. The van der Waals surface area contributed by atoms with E-state index in [0.717, 1.165) is 15.6 Å². The Morgan fingerprint density at radius 2 is 2.10 bits per heavy atom. The van der Waals surface area contributed by atoms with E-state index >= 15 is 4.39 Å². The number of thiol groups is 1. The topological polar surface area (TPSA) is 87.7 Å². The Morgan fingerprint density at radius 3 is 2.83 bits per heavy atom. The van der Waals surface area contributed by atoms with E-state index in [1.165, 1.54) is 6.20 Å². The van der Waals surface area contributed by atoms with Crippen LogP contribution in [0.25, 0.3) is 0 Å². The van der Waals surface area contributed by atoms with Crippen LogP contribution in [0.1, 0.15) is 16.7 Å². The Bertz CT molecular complexity index is 1160. The van der Waals surface area contributed by atoms with E-state index in [-0.39, 0.29) is 16.4 Å². The predicted molar refractivity (Wildman–Crippen MR) is 128 cm³/mol. The second-order valence-electron chi connectivity index (χ2n) is 6.27. The molecule has 2 heterocycles. The summed E-state index contributed by atoms with van der Waals surface area (Å²) < 4.78 is 15.9. The van der Waals surface area contributed by atoms with Gasteiger partial charge in [-0.3, -0.25) is 4.98 Å². The molecule has 0 aliphatic rings. The van der Waals surface area contributed by atoms with Gasteiger partial charge in [0.15, 0.2) is 5.82 Å². The first-order valence-corrected chi connectivity index (χ1v) is 11.8. The third-order valence-corrected chi connectivity index (χ3v) is 6.67. The van der Waals surface area contributed by atoms with Crippen molar-refractivity contribution in [2.24, 2.45) is 0 Å². The van der Waals surface area contributed by atoms with E-state index in [9.17, 15) is 0 Å². The van der Waals surface area contributed by atoms with Gasteiger partial charge in [-0.2, -0.15) is 0 Å². The molecule has 3 rings (SSSR count). The molecule has 0 aliphatic heterocycles. The van der Waals surface area contributed by atoms with Crippen molar-refractivity contribution in [3.63, 3.8) is 0 Å². The lowest BCUT2D eigenvalue weighted by atomic mass is 10.1. The summed E-state index contributed by atoms with van der Waals surface area (Å²) in [4.78, 5) is 9.26. The highest BCUT2D eigenvalue weighted by atomic mass is 79.9. The monoisotopic (exact) mass is 505 g/mol. The van der Waals surface area contributed by atoms with Crippen LogP contribution in [0.2, 0.25) is 5.02 Å². The molecule has 154 valence electrons. The lowest BCUT2D eigenvalue weighted by Gasteiger charge is -2.18. The van der Waals surface area contributed by atoms with Crippen molar-refractivity contribution in [2.45, 2.75) is 4.90 Å². The van der Waals surface area contributed by atoms with Gasteiger partial charge in [-0.15, -0.1) is 0 Å². The summed E-state index contributed by atoms with van der Waals surface area (Å²) in [7, 11) is -0.579. The first-order valence-electron chi connectivity index (χ1n) is 8.70. The van der Waals surface area contributed by atoms with Gasteiger partial charge in [0, 0.05) is 51.2 Å². The molecule has 0 aliphatic carbocycles. The predicted octanol–water partition coefficient (Wildman–Crippen LogP) is 5.07. The minimum absolute atomic E-state index is 0.0967. The first-order chi connectivity index (χ1) is 14.4. The van der Waals surface area contributed by atoms with Crippen LogP contribution < -0.4 is 11.1 Å². The van der Waals surface area contributed by atoms with Crippen molar-refractivity contribution in [3.8, 4) is 11.8 Å². The summed E-state index contributed by atoms with van der Waals surface area (Å²) in [6, 6.07) is 6.84. The number of benzene rings is 1. The fraction of sp³-hybridized carbons (Fsp3) is 0.0952. The molecule has 9 heteroatoms. The summed E-state index contributed by atoms with van der Waals surface area (Å²) in [6.45, 7) is 0. The molecule has 3 aromatic rings. The fourth-order valence-electron chi connectivity index (χ4n) is 2.52. The number of anilines is 2. The average Bonchev–Trinajstić information content (AvgIpc) is 2.74. The maximum absolute atomic E-state index is 15.0. The Hall–Kier alpha value is -2.60. The molecule has 0 radical (unpaired) electrons. The molecule has 4 N–H and O–H groups in total. The van der Waals surface area contributed by atoms with Crippen molar-refractivity contribution in [2.75, 3.05) is 23.2 Å². The number of halogens is 3. The number of hydrogen-bond donors (Lipinski definition) is 4. The highest BCUT2D eigenvalue weighted by Crippen LogP contribution is 2.34. The summed E-state index contributed by atoms with van der Waals surface area (Å²) >= 11 is 9.59. The number of aromatic nitrogens is 2. The number of hydrogen-bond acceptors (Lipinski definition) is 5. The molecule has 0 amide bonds. The zero-order valence-electron chi connectivity index (χ0n) is 15.9. The Morgan fingerprint density at radius 1 is 1.30 bits per heavy atom. The summed E-state index contributed by atoms with van der Waals surface area (Å²) in [5.74, 6) is 5.91. The largest absolute Gasteiger partial charge is 0.383 e. The number of nitrogens with one attached hydrogen (secondary N) is 2. The van der Waals surface area contributed by atoms with E-state index in [2.05, 4.69) is 49.3 Å². The Balaban J connectivity index is 1.81. The molecule has 0 saturated carbocycles. The summed E-state index contributed by atoms with van der Waals surface area (Å²) in [5.41, 5.74) is 7.06. The number of pyridine rings is 2. The van der Waals surface area contributed by atoms with Crippen LogP contribution in [0, 0.1) is 23.1 Å². The third kappa shape index (κ3) is 5.30. The number of nitrogens with zero attached hydrogens (tertiary/aromatic N) is 2. The molecule has 1 atom stereocenters. The van der Waals surface area contributed by atoms with Crippen LogP contribution in [-0.2, 0) is 0 Å². The zero-order chi connectivity index (χ0) is 21.7. The maximum atomic E-state index is 15.0. The molecule has 1 unspecified atom stereocenters. The van der Waals surface area contributed by atoms with Gasteiger partial charge >= 0.3 is 0 Å². The normalized spacial score (nSPS) is 11.9. The average molecular weight is 507 g/mol. The van der Waals surface area contributed by atoms with Gasteiger partial charge in [0.1, 0.15) is 5.82 Å². The number of nitrogen functional groups attached to an aromatic ring is 1. The van der Waals surface area contributed by atoms with Gasteiger partial charge in [-0.05, 0) is 46.5 Å². The second kappa shape index (κ2) is 9.94. The molecule has 1 aromatic carbocycles. The second-order valence-corrected chi connectivity index (χ2v) is 9.82. The third-order valence-electron chi connectivity index (χ3n) is 4.17. The molecule has 2 aromatic heterocycles. The quantitative estimate of drug-likeness (QED) is 0.221. The molecular formula is C21H18BrClFN5S. The van der Waals surface area contributed by atoms with E-state index in [0.29, 0.717) is 22.7 Å². The van der Waals surface area contributed by atoms with Crippen LogP contribution >= 0.6 is 38.4 Å². The highest BCUT2D eigenvalue weighted by Gasteiger charge is 2.12. The number of nitrogens with two attached hydrogens (primary N) is 1. The standard InChI is InChI=1S/C21H18BrClFN5S/c1-30(16-7-15(22)10-27-11-16)12-29-19-5-4-18(23)17(20(19)24)3-2-13-6-14(8-25)21(26)28-9-13/h4-11,25,29-30H,12H2,1H3,(H2,26,28). The molecule has 0 bridgehead atoms. The zero-order valence-corrected chi connectivity index (χ0v) is 19.1. The molecule has 0 fully saturated rings. The Kier molecular flexibility index (Phi) is 7.32. The van der Waals surface area contributed by atoms with Gasteiger partial charge in [-0.1, -0.05) is 23.4 Å². The van der Waals surface area contributed by atoms with Crippen molar-refractivity contribution in [3.05, 3.63) is 74.9 Å². The van der Waals surface area contributed by atoms with Gasteiger partial charge < -0.3 is 16.5 Å². The minimum atomic E-state index is -0.579. The van der Waals surface area contributed by atoms with Crippen LogP contribution in [0.3, 0.4) is 0 Å². The number of rotatable bonds is 5. The van der Waals surface area contributed by atoms with Crippen LogP contribution in [0.5, 0.6) is 0 Å². The SMILES string of the molecule is C[SH](CNc1ccc(Cl)c(C#Cc2cnc(N)c(C=N)c2)c1F)c1cncc(Br)c1. The maximum Gasteiger partial charge on any atom is 0.163 e. The van der Waals surface area contributed by atoms with Crippen molar-refractivity contribution < 1.29 is 4.39 Å². The summed E-state index contributed by atoms with van der Waals surface area (Å²) in [5, 5.41) is 10.7. The van der Waals surface area contributed by atoms with Crippen molar-refractivity contribution in [1.82, 2.24) is 9.97 Å². The molecular weight excluding hydrogens is 489 g/mol.